The zero-order chi connectivity index (χ0) is 30.9. The van der Waals surface area contributed by atoms with E-state index in [1.807, 2.05) is 27.9 Å². The van der Waals surface area contributed by atoms with Crippen molar-refractivity contribution in [2.24, 2.45) is 0 Å². The Morgan fingerprint density at radius 1 is 1.31 bits per heavy atom. The second kappa shape index (κ2) is 9.99. The van der Waals surface area contributed by atoms with E-state index in [-0.39, 0.29) is 54.6 Å². The topological polar surface area (TPSA) is 157 Å². The van der Waals surface area contributed by atoms with Gasteiger partial charge in [-0.2, -0.15) is 0 Å². The molecule has 0 amide bonds. The van der Waals surface area contributed by atoms with E-state index >= 15 is 4.39 Å². The molecule has 14 heteroatoms. The lowest BCUT2D eigenvalue weighted by Gasteiger charge is -2.35. The number of fused-ring (bicyclic) bond motifs is 5. The molecule has 224 valence electrons. The molecule has 1 atom stereocenters. The fourth-order valence-corrected chi connectivity index (χ4v) is 5.54. The quantitative estimate of drug-likeness (QED) is 0.128. The summed E-state index contributed by atoms with van der Waals surface area (Å²) in [6.45, 7) is 9.75. The Kier molecular flexibility index (Phi) is 7.11. The highest BCUT2D eigenvalue weighted by Crippen LogP contribution is 2.43. The summed E-state index contributed by atoms with van der Waals surface area (Å²) in [5.41, 5.74) is 0.739. The van der Waals surface area contributed by atoms with Gasteiger partial charge in [0.25, 0.3) is 5.56 Å². The molecule has 3 N–H and O–H groups in total. The molecule has 0 bridgehead atoms. The van der Waals surface area contributed by atoms with Gasteiger partial charge < -0.3 is 28.2 Å². The Morgan fingerprint density at radius 2 is 2.00 bits per heavy atom. The molecule has 2 aliphatic rings. The van der Waals surface area contributed by atoms with E-state index in [0.29, 0.717) is 37.9 Å². The molecule has 3 aromatic rings. The molecule has 0 saturated heterocycles. The monoisotopic (exact) mass is 604 g/mol. The van der Waals surface area contributed by atoms with Crippen LogP contribution in [0.5, 0.6) is 5.75 Å². The number of carbonyl (C=O) groups is 1. The molecule has 0 radical (unpaired) electrons. The van der Waals surface area contributed by atoms with E-state index in [0.717, 1.165) is 6.07 Å². The first kappa shape index (κ1) is 29.9. The molecule has 2 aromatic heterocycles. The van der Waals surface area contributed by atoms with E-state index < -0.39 is 31.1 Å². The van der Waals surface area contributed by atoms with Crippen LogP contribution < -0.4 is 10.3 Å². The zero-order valence-electron chi connectivity index (χ0n) is 23.8. The molecule has 12 nitrogen and oxygen atoms in total. The van der Waals surface area contributed by atoms with E-state index in [1.54, 1.807) is 19.1 Å². The van der Waals surface area contributed by atoms with Crippen LogP contribution in [0.4, 0.5) is 9.18 Å². The SMILES string of the molecule is C=C1OCc2c(cc3n(c2=O)Cc2cc4c(C[N+](C)(C)C(C)C)c(OC(=O)OP(=O)(O)O)c(F)cc4nc2-3)[C@@]1(O)CC. The maximum absolute atomic E-state index is 15.6. The van der Waals surface area contributed by atoms with Gasteiger partial charge in [0, 0.05) is 22.6 Å². The first-order valence-electron chi connectivity index (χ1n) is 13.2. The minimum absolute atomic E-state index is 0.0374. The van der Waals surface area contributed by atoms with Crippen molar-refractivity contribution in [1.29, 1.82) is 0 Å². The molecular weight excluding hydrogens is 572 g/mol. The average Bonchev–Trinajstić information content (AvgIpc) is 3.24. The molecule has 5 rings (SSSR count). The van der Waals surface area contributed by atoms with E-state index in [1.165, 1.54) is 4.57 Å². The number of carbonyl (C=O) groups excluding carboxylic acids is 1. The predicted octanol–water partition coefficient (Wildman–Crippen LogP) is 3.80. The van der Waals surface area contributed by atoms with Crippen LogP contribution in [0, 0.1) is 5.82 Å². The van der Waals surface area contributed by atoms with Crippen LogP contribution in [-0.2, 0) is 39.1 Å². The van der Waals surface area contributed by atoms with Crippen LogP contribution in [0.3, 0.4) is 0 Å². The van der Waals surface area contributed by atoms with Gasteiger partial charge in [-0.15, -0.1) is 0 Å². The first-order chi connectivity index (χ1) is 19.5. The summed E-state index contributed by atoms with van der Waals surface area (Å²) in [6, 6.07) is 4.53. The first-order valence-corrected chi connectivity index (χ1v) is 14.8. The number of halogens is 1. The largest absolute Gasteiger partial charge is 0.529 e. The van der Waals surface area contributed by atoms with Gasteiger partial charge in [-0.05, 0) is 32.4 Å². The van der Waals surface area contributed by atoms with Gasteiger partial charge in [0.1, 0.15) is 24.5 Å². The number of benzene rings is 1. The summed E-state index contributed by atoms with van der Waals surface area (Å²) >= 11 is 0. The second-order valence-electron chi connectivity index (χ2n) is 11.4. The van der Waals surface area contributed by atoms with Crippen molar-refractivity contribution in [3.05, 3.63) is 69.0 Å². The van der Waals surface area contributed by atoms with Gasteiger partial charge >= 0.3 is 14.0 Å². The summed E-state index contributed by atoms with van der Waals surface area (Å²) in [5.74, 6) is -1.39. The van der Waals surface area contributed by atoms with Crippen LogP contribution >= 0.6 is 7.82 Å². The minimum Gasteiger partial charge on any atom is -0.490 e. The van der Waals surface area contributed by atoms with Gasteiger partial charge in [0.05, 0.1) is 54.7 Å². The molecule has 42 heavy (non-hydrogen) atoms. The molecule has 0 fully saturated rings. The van der Waals surface area contributed by atoms with Gasteiger partial charge in [-0.25, -0.2) is 18.7 Å². The smallest absolute Gasteiger partial charge is 0.490 e. The Labute approximate surface area is 240 Å². The Hall–Kier alpha value is -3.61. The number of phosphoric ester groups is 1. The number of aromatic nitrogens is 2. The predicted molar refractivity (Wildman–Crippen MR) is 149 cm³/mol. The molecule has 4 heterocycles. The second-order valence-corrected chi connectivity index (χ2v) is 12.6. The normalized spacial score (nSPS) is 18.0. The van der Waals surface area contributed by atoms with Crippen LogP contribution in [-0.4, -0.2) is 55.2 Å². The summed E-state index contributed by atoms with van der Waals surface area (Å²) < 4.78 is 43.2. The van der Waals surface area contributed by atoms with Gasteiger partial charge in [0.15, 0.2) is 11.6 Å². The highest BCUT2D eigenvalue weighted by atomic mass is 31.2. The number of hydrogen-bond acceptors (Lipinski definition) is 8. The molecule has 0 saturated carbocycles. The van der Waals surface area contributed by atoms with Crippen molar-refractivity contribution in [2.45, 2.75) is 58.5 Å². The Balaban J connectivity index is 1.71. The number of quaternary nitrogens is 1. The average molecular weight is 605 g/mol. The standard InChI is InChI=1S/C28H31FN3O9P/c1-7-28(35)15(4)39-13-19-20(28)9-23-24-16(11-31(23)26(19)33)8-17-18(12-32(5,6)14(2)3)25(21(29)10-22(17)30-24)40-27(34)41-42(36,37)38/h8-10,14,35H,4,7,11-13H2,1-3,5-6H3,(H-,36,37,38)/p+1/t28-/m1/s1. The summed E-state index contributed by atoms with van der Waals surface area (Å²) in [5, 5.41) is 11.8. The number of ether oxygens (including phenoxy) is 2. The molecular formula is C28H32FN3O9P+. The third kappa shape index (κ3) is 4.91. The zero-order valence-corrected chi connectivity index (χ0v) is 24.7. The van der Waals surface area contributed by atoms with Gasteiger partial charge in [-0.1, -0.05) is 13.5 Å². The number of phosphoric acid groups is 1. The number of pyridine rings is 2. The van der Waals surface area contributed by atoms with E-state index in [4.69, 9.17) is 24.2 Å². The number of hydrogen-bond donors (Lipinski definition) is 3. The van der Waals surface area contributed by atoms with E-state index in [2.05, 4.69) is 11.1 Å². The van der Waals surface area contributed by atoms with Crippen molar-refractivity contribution in [3.8, 4) is 17.1 Å². The van der Waals surface area contributed by atoms with Crippen molar-refractivity contribution >= 4 is 24.9 Å². The molecule has 0 unspecified atom stereocenters. The van der Waals surface area contributed by atoms with Crippen LogP contribution in [0.25, 0.3) is 22.3 Å². The molecule has 0 spiro atoms. The molecule has 1 aromatic carbocycles. The third-order valence-corrected chi connectivity index (χ3v) is 8.72. The fourth-order valence-electron chi connectivity index (χ4n) is 5.31. The van der Waals surface area contributed by atoms with Crippen molar-refractivity contribution < 1.29 is 47.1 Å². The van der Waals surface area contributed by atoms with Crippen LogP contribution in [0.1, 0.15) is 49.4 Å². The molecule has 0 aliphatic carbocycles. The lowest BCUT2D eigenvalue weighted by atomic mass is 9.84. The van der Waals surface area contributed by atoms with Gasteiger partial charge in [0.2, 0.25) is 0 Å². The number of aliphatic hydroxyl groups is 1. The number of nitrogens with zero attached hydrogens (tertiary/aromatic N) is 3. The van der Waals surface area contributed by atoms with Crippen molar-refractivity contribution in [2.75, 3.05) is 14.1 Å². The number of rotatable bonds is 6. The van der Waals surface area contributed by atoms with Crippen molar-refractivity contribution in [3.63, 3.8) is 0 Å². The Morgan fingerprint density at radius 3 is 2.62 bits per heavy atom. The lowest BCUT2D eigenvalue weighted by molar-refractivity contribution is -0.924. The minimum atomic E-state index is -5.25. The van der Waals surface area contributed by atoms with E-state index in [9.17, 15) is 19.3 Å². The van der Waals surface area contributed by atoms with Crippen molar-refractivity contribution in [1.82, 2.24) is 9.55 Å². The molecule has 2 aliphatic heterocycles. The summed E-state index contributed by atoms with van der Waals surface area (Å²) in [6.07, 6.45) is -1.53. The van der Waals surface area contributed by atoms with Crippen LogP contribution in [0.15, 0.2) is 35.3 Å². The summed E-state index contributed by atoms with van der Waals surface area (Å²) in [4.78, 5) is 48.5. The maximum Gasteiger partial charge on any atom is 0.529 e. The third-order valence-electron chi connectivity index (χ3n) is 8.33. The fraction of sp³-hybridized carbons (Fsp3) is 0.393. The maximum atomic E-state index is 15.6. The Bertz CT molecular complexity index is 1780. The highest BCUT2D eigenvalue weighted by Gasteiger charge is 2.41. The van der Waals surface area contributed by atoms with Crippen LogP contribution in [0.2, 0.25) is 0 Å². The summed E-state index contributed by atoms with van der Waals surface area (Å²) in [7, 11) is -1.46. The highest BCUT2D eigenvalue weighted by molar-refractivity contribution is 7.46. The lowest BCUT2D eigenvalue weighted by Crippen LogP contribution is -2.45. The van der Waals surface area contributed by atoms with Gasteiger partial charge in [-0.3, -0.25) is 14.6 Å².